The number of carbonyl (C=O) groups is 1. The van der Waals surface area contributed by atoms with Crippen LogP contribution in [0.3, 0.4) is 0 Å². The molecule has 0 aromatic carbocycles. The summed E-state index contributed by atoms with van der Waals surface area (Å²) in [5.74, 6) is -0.468. The van der Waals surface area contributed by atoms with Crippen LogP contribution >= 0.6 is 0 Å². The minimum Gasteiger partial charge on any atom is -0.385 e. The summed E-state index contributed by atoms with van der Waals surface area (Å²) in [6.45, 7) is 3.40. The van der Waals surface area contributed by atoms with Gasteiger partial charge in [-0.25, -0.2) is 0 Å². The molecule has 2 N–H and O–H groups in total. The van der Waals surface area contributed by atoms with E-state index in [-0.39, 0.29) is 0 Å². The summed E-state index contributed by atoms with van der Waals surface area (Å²) in [6.07, 6.45) is -1.24. The van der Waals surface area contributed by atoms with Crippen molar-refractivity contribution in [2.75, 3.05) is 0 Å². The molecule has 0 fully saturated rings. The first kappa shape index (κ1) is 9.59. The molecule has 0 saturated heterocycles. The highest BCUT2D eigenvalue weighted by molar-refractivity contribution is 5.86. The third kappa shape index (κ3) is 2.45. The van der Waals surface area contributed by atoms with Crippen molar-refractivity contribution in [1.82, 2.24) is 0 Å². The van der Waals surface area contributed by atoms with Gasteiger partial charge in [0.25, 0.3) is 0 Å². The summed E-state index contributed by atoms with van der Waals surface area (Å²) in [6, 6.07) is 0. The molecule has 0 radical (unpaired) electrons. The van der Waals surface area contributed by atoms with Crippen LogP contribution in [0.25, 0.3) is 0 Å². The predicted octanol–water partition coefficient (Wildman–Crippen LogP) is 0.0973. The Morgan fingerprint density at radius 3 is 1.70 bits per heavy atom. The van der Waals surface area contributed by atoms with Crippen LogP contribution in [-0.4, -0.2) is 28.2 Å². The molecule has 3 heteroatoms. The van der Waals surface area contributed by atoms with E-state index in [9.17, 15) is 4.79 Å². The molecule has 60 valence electrons. The van der Waals surface area contributed by atoms with Crippen molar-refractivity contribution in [1.29, 1.82) is 0 Å². The number of hydrogen-bond donors (Lipinski definition) is 2. The van der Waals surface area contributed by atoms with Gasteiger partial charge < -0.3 is 10.2 Å². The fourth-order valence-corrected chi connectivity index (χ4v) is 0.624. The van der Waals surface area contributed by atoms with E-state index >= 15 is 0 Å². The summed E-state index contributed by atoms with van der Waals surface area (Å²) in [7, 11) is 0. The van der Waals surface area contributed by atoms with Crippen LogP contribution in [-0.2, 0) is 4.79 Å². The lowest BCUT2D eigenvalue weighted by molar-refractivity contribution is -0.135. The van der Waals surface area contributed by atoms with E-state index in [1.165, 1.54) is 0 Å². The molecule has 0 aliphatic carbocycles. The van der Waals surface area contributed by atoms with E-state index in [1.807, 2.05) is 0 Å². The van der Waals surface area contributed by atoms with Crippen molar-refractivity contribution in [2.24, 2.45) is 0 Å². The molecule has 0 aliphatic heterocycles. The van der Waals surface area contributed by atoms with Crippen molar-refractivity contribution < 1.29 is 15.0 Å². The molecule has 3 nitrogen and oxygen atoms in total. The van der Waals surface area contributed by atoms with Crippen LogP contribution in [0, 0.1) is 0 Å². The molecule has 0 amide bonds. The molecule has 0 aliphatic rings. The molecule has 0 rings (SSSR count). The zero-order chi connectivity index (χ0) is 8.15. The summed E-state index contributed by atoms with van der Waals surface area (Å²) in [5, 5.41) is 17.8. The maximum Gasteiger partial charge on any atom is 0.189 e. The number of carbonyl (C=O) groups excluding carboxylic acids is 1. The second kappa shape index (κ2) is 4.41. The van der Waals surface area contributed by atoms with Crippen molar-refractivity contribution in [3.05, 3.63) is 0 Å². The summed E-state index contributed by atoms with van der Waals surface area (Å²) < 4.78 is 0. The average molecular weight is 146 g/mol. The van der Waals surface area contributed by atoms with Crippen LogP contribution in [0.1, 0.15) is 26.7 Å². The van der Waals surface area contributed by atoms with E-state index < -0.39 is 18.0 Å². The van der Waals surface area contributed by atoms with Crippen molar-refractivity contribution in [3.63, 3.8) is 0 Å². The van der Waals surface area contributed by atoms with Gasteiger partial charge in [-0.3, -0.25) is 4.79 Å². The Morgan fingerprint density at radius 2 is 1.50 bits per heavy atom. The van der Waals surface area contributed by atoms with Gasteiger partial charge in [0.1, 0.15) is 12.2 Å². The third-order valence-electron chi connectivity index (χ3n) is 1.43. The molecule has 0 heterocycles. The fourth-order valence-electron chi connectivity index (χ4n) is 0.624. The number of aliphatic hydroxyl groups is 2. The first-order valence-corrected chi connectivity index (χ1v) is 3.53. The second-order valence-corrected chi connectivity index (χ2v) is 2.25. The van der Waals surface area contributed by atoms with E-state index in [1.54, 1.807) is 13.8 Å². The van der Waals surface area contributed by atoms with Gasteiger partial charge in [0, 0.05) is 0 Å². The topological polar surface area (TPSA) is 57.5 Å². The number of ketones is 1. The molecular weight excluding hydrogens is 132 g/mol. The predicted molar refractivity (Wildman–Crippen MR) is 37.6 cm³/mol. The maximum absolute atomic E-state index is 10.8. The quantitative estimate of drug-likeness (QED) is 0.591. The number of hydrogen-bond acceptors (Lipinski definition) is 3. The van der Waals surface area contributed by atoms with Gasteiger partial charge in [-0.05, 0) is 12.8 Å². The lowest BCUT2D eigenvalue weighted by Gasteiger charge is -2.10. The molecular formula is C7H14O3. The Hall–Kier alpha value is -0.410. The van der Waals surface area contributed by atoms with E-state index in [0.29, 0.717) is 12.8 Å². The van der Waals surface area contributed by atoms with Gasteiger partial charge >= 0.3 is 0 Å². The van der Waals surface area contributed by atoms with Gasteiger partial charge in [-0.15, -0.1) is 0 Å². The lowest BCUT2D eigenvalue weighted by atomic mass is 10.1. The van der Waals surface area contributed by atoms with Crippen molar-refractivity contribution >= 4 is 5.78 Å². The van der Waals surface area contributed by atoms with Crippen LogP contribution in [0.15, 0.2) is 0 Å². The lowest BCUT2D eigenvalue weighted by Crippen LogP contribution is -2.30. The Bertz CT molecular complexity index is 99.4. The fraction of sp³-hybridized carbons (Fsp3) is 0.857. The van der Waals surface area contributed by atoms with Gasteiger partial charge in [-0.2, -0.15) is 0 Å². The molecule has 10 heavy (non-hydrogen) atoms. The Kier molecular flexibility index (Phi) is 4.23. The zero-order valence-corrected chi connectivity index (χ0v) is 6.37. The third-order valence-corrected chi connectivity index (χ3v) is 1.43. The average Bonchev–Trinajstić information content (AvgIpc) is 2.00. The standard InChI is InChI=1S/C7H14O3/c1-3-5(8)7(10)6(9)4-2/h5-6,8-9H,3-4H2,1-2H3/t5-,6-/m0/s1. The smallest absolute Gasteiger partial charge is 0.189 e. The van der Waals surface area contributed by atoms with Crippen LogP contribution < -0.4 is 0 Å². The highest BCUT2D eigenvalue weighted by atomic mass is 16.3. The van der Waals surface area contributed by atoms with Crippen LogP contribution in [0.4, 0.5) is 0 Å². The normalized spacial score (nSPS) is 16.4. The number of rotatable bonds is 4. The molecule has 0 bridgehead atoms. The summed E-state index contributed by atoms with van der Waals surface area (Å²) in [5.41, 5.74) is 0. The highest BCUT2D eigenvalue weighted by Crippen LogP contribution is 1.99. The molecule has 0 aromatic heterocycles. The van der Waals surface area contributed by atoms with E-state index in [2.05, 4.69) is 0 Å². The van der Waals surface area contributed by atoms with Crippen LogP contribution in [0.2, 0.25) is 0 Å². The molecule has 0 saturated carbocycles. The van der Waals surface area contributed by atoms with E-state index in [4.69, 9.17) is 10.2 Å². The minimum absolute atomic E-state index is 0.371. The van der Waals surface area contributed by atoms with Crippen LogP contribution in [0.5, 0.6) is 0 Å². The Morgan fingerprint density at radius 1 is 1.20 bits per heavy atom. The number of Topliss-reactive ketones (excluding diaryl/α,β-unsaturated/α-hetero) is 1. The Labute approximate surface area is 60.7 Å². The first-order chi connectivity index (χ1) is 4.63. The minimum atomic E-state index is -0.991. The summed E-state index contributed by atoms with van der Waals surface area (Å²) in [4.78, 5) is 10.8. The largest absolute Gasteiger partial charge is 0.385 e. The van der Waals surface area contributed by atoms with Crippen molar-refractivity contribution in [2.45, 2.75) is 38.9 Å². The summed E-state index contributed by atoms with van der Waals surface area (Å²) >= 11 is 0. The highest BCUT2D eigenvalue weighted by Gasteiger charge is 2.19. The monoisotopic (exact) mass is 146 g/mol. The second-order valence-electron chi connectivity index (χ2n) is 2.25. The molecule has 0 spiro atoms. The zero-order valence-electron chi connectivity index (χ0n) is 6.37. The van der Waals surface area contributed by atoms with Gasteiger partial charge in [-0.1, -0.05) is 13.8 Å². The SMILES string of the molecule is CC[C@H](O)C(=O)[C@@H](O)CC. The Balaban J connectivity index is 3.82. The number of aliphatic hydroxyl groups excluding tert-OH is 2. The van der Waals surface area contributed by atoms with Gasteiger partial charge in [0.15, 0.2) is 5.78 Å². The molecule has 0 unspecified atom stereocenters. The van der Waals surface area contributed by atoms with Crippen molar-refractivity contribution in [3.8, 4) is 0 Å². The molecule has 2 atom stereocenters. The van der Waals surface area contributed by atoms with E-state index in [0.717, 1.165) is 0 Å². The van der Waals surface area contributed by atoms with Gasteiger partial charge in [0.05, 0.1) is 0 Å². The van der Waals surface area contributed by atoms with Gasteiger partial charge in [0.2, 0.25) is 0 Å². The maximum atomic E-state index is 10.8. The molecule has 0 aromatic rings. The first-order valence-electron chi connectivity index (χ1n) is 3.53.